The largest absolute Gasteiger partial charge is 1.00 e. The molecule has 4 aromatic carbocycles. The number of hydrogen-bond donors (Lipinski definition) is 4. The Morgan fingerprint density at radius 3 is 1.35 bits per heavy atom. The fourth-order valence-electron chi connectivity index (χ4n) is 9.10. The van der Waals surface area contributed by atoms with Gasteiger partial charge in [-0.2, -0.15) is 0 Å². The summed E-state index contributed by atoms with van der Waals surface area (Å²) in [6.07, 6.45) is 9.62. The monoisotopic (exact) mass is 2050 g/mol. The molecule has 0 amide bonds. The van der Waals surface area contributed by atoms with Crippen molar-refractivity contribution < 1.29 is 131 Å². The molecule has 1 aliphatic heterocycles. The fraction of sp³-hybridized carbons (Fsp3) is 0.250. The van der Waals surface area contributed by atoms with E-state index in [1.165, 1.54) is 81.0 Å². The summed E-state index contributed by atoms with van der Waals surface area (Å²) >= 11 is 37.2. The molecule has 6 aromatic heterocycles. The molecule has 0 bridgehead atoms. The Hall–Kier alpha value is -8.83. The maximum atomic E-state index is 13.9. The number of aliphatic imine (C=N–C) groups is 1. The molecular weight excluding hydrogens is 1980 g/mol. The van der Waals surface area contributed by atoms with Crippen molar-refractivity contribution >= 4 is 171 Å². The van der Waals surface area contributed by atoms with Gasteiger partial charge in [0.1, 0.15) is 69.6 Å². The quantitative estimate of drug-likeness (QED) is 0.00592. The van der Waals surface area contributed by atoms with Gasteiger partial charge in [0.05, 0.1) is 82.3 Å². The number of benzene rings is 4. The molecule has 7 heterocycles. The number of pyridine rings is 3. The van der Waals surface area contributed by atoms with E-state index in [0.29, 0.717) is 69.4 Å². The number of alkyl halides is 1. The number of amidine groups is 3. The number of carbonyl (C=O) groups excluding carboxylic acids is 6. The van der Waals surface area contributed by atoms with Crippen molar-refractivity contribution in [1.82, 2.24) is 49.1 Å². The van der Waals surface area contributed by atoms with E-state index in [4.69, 9.17) is 96.9 Å². The number of methoxy groups -OCH3 is 3. The topological polar surface area (TPSA) is 404 Å². The molecule has 4 unspecified atom stereocenters. The molecule has 46 heteroatoms. The number of ether oxygens (including phenoxy) is 3. The standard InChI is InChI=1S/C20H19ClFN5O3.C20H19ClFN5O2.C11H13N5O2.C9H7BrClFO.C9H8ClFO.C4H6O4.C2H4O2.CH3PS.B.2BrH.Cu.Na/c1-11-9-27(10-24-11)17-7-6-16(25-20(17)29-3)19(23)26-30-12(2)18(28)13-4-5-14(21)15(22)8-13;1-11-9-27(10-23-11)17-7-6-16(24-20(17)28-3)19-25-18(12(2)29-26-19)13-4-5-14(21)15(22)8-13;1-7-5-16(6-13-7)9-4-3-8(10(12)15-17)14-11(9)18-2;1-5(10)9(13)6-2-3-7(11)8(12)4-6;1-2-9(12)6-3-4-7(10)8(11)5-6;1-3(5)7-8-4(2)6;1-2(3)4;1-2-3;;;;;/h4-10,12H,1-3H3,(H2,23,26);4-10,12,18H,1-3H3,(H,25,26);3-6,17H,1-2H3,(H2,12,15);2-5H,1H3;3-5H,2H2,1H3;1-2H3;1H3,(H,3,4);1H3;;2*1H;;/q;;;;;;;;;;;+2;+1/p-3. The first-order valence-corrected chi connectivity index (χ1v) is 43.5. The molecule has 122 heavy (non-hydrogen) atoms. The predicted octanol–water partition coefficient (Wildman–Crippen LogP) is 12.4. The Labute approximate surface area is 778 Å². The van der Waals surface area contributed by atoms with Crippen LogP contribution in [-0.2, 0) is 57.0 Å². The molecule has 0 saturated carbocycles. The van der Waals surface area contributed by atoms with Gasteiger partial charge < -0.3 is 59.3 Å². The van der Waals surface area contributed by atoms with Crippen molar-refractivity contribution in [2.24, 2.45) is 26.8 Å². The van der Waals surface area contributed by atoms with Crippen molar-refractivity contribution in [2.45, 2.75) is 98.7 Å². The number of rotatable bonds is 18. The summed E-state index contributed by atoms with van der Waals surface area (Å²) in [5.41, 5.74) is 21.6. The van der Waals surface area contributed by atoms with Gasteiger partial charge >= 0.3 is 81.1 Å². The molecule has 0 saturated heterocycles. The number of nitrogens with zero attached hydrogens (tertiary/aromatic N) is 12. The van der Waals surface area contributed by atoms with Gasteiger partial charge in [-0.25, -0.2) is 72.3 Å². The number of oxime groups is 2. The van der Waals surface area contributed by atoms with E-state index in [2.05, 4.69) is 116 Å². The molecule has 1 aliphatic rings. The summed E-state index contributed by atoms with van der Waals surface area (Å²) in [4.78, 5) is 112. The molecule has 3 radical (unpaired) electrons. The van der Waals surface area contributed by atoms with Crippen molar-refractivity contribution in [1.29, 1.82) is 0 Å². The average Bonchev–Trinajstić information content (AvgIpc) is 1.12. The third-order valence-electron chi connectivity index (χ3n) is 14.6. The second-order valence-electron chi connectivity index (χ2n) is 23.5. The maximum Gasteiger partial charge on any atom is 1.00 e. The number of nitrogens with two attached hydrogens (primary N) is 2. The third kappa shape index (κ3) is 37.3. The van der Waals surface area contributed by atoms with Gasteiger partial charge in [0.25, 0.3) is 0 Å². The number of hydrogen-bond acceptors (Lipinski definition) is 26. The molecule has 10 aromatic rings. The normalized spacial score (nSPS) is 12.6. The first kappa shape index (κ1) is 111. The van der Waals surface area contributed by atoms with Crippen LogP contribution in [0.2, 0.25) is 20.1 Å². The Balaban J connectivity index is 0.000000746. The number of carboxylic acid groups (broad SMARTS) is 1. The zero-order valence-corrected chi connectivity index (χ0v) is 79.9. The zero-order chi connectivity index (χ0) is 90.2. The summed E-state index contributed by atoms with van der Waals surface area (Å²) < 4.78 is 74.5. The van der Waals surface area contributed by atoms with Gasteiger partial charge in [-0.05, 0) is 171 Å². The van der Waals surface area contributed by atoms with E-state index in [-0.39, 0.29) is 97.8 Å². The van der Waals surface area contributed by atoms with E-state index in [1.54, 1.807) is 85.5 Å². The Morgan fingerprint density at radius 2 is 1.00 bits per heavy atom. The summed E-state index contributed by atoms with van der Waals surface area (Å²) in [6.45, 7) is 17.6. The van der Waals surface area contributed by atoms with Crippen LogP contribution in [0.1, 0.15) is 132 Å². The van der Waals surface area contributed by atoms with Crippen LogP contribution < -0.4 is 65.8 Å². The third-order valence-corrected chi connectivity index (χ3v) is 16.2. The second-order valence-corrected chi connectivity index (χ2v) is 32.8. The number of hydroxylamine groups is 1. The van der Waals surface area contributed by atoms with Crippen molar-refractivity contribution in [3.05, 3.63) is 247 Å². The molecule has 11 rings (SSSR count). The van der Waals surface area contributed by atoms with E-state index < -0.39 is 59.1 Å². The Bertz CT molecular complexity index is 5240. The van der Waals surface area contributed by atoms with Crippen LogP contribution in [-0.4, -0.2) is 155 Å². The number of aryl methyl sites for hydroxylation is 3. The molecule has 650 valence electrons. The zero-order valence-electron chi connectivity index (χ0n) is 67.4. The number of ketones is 3. The number of nitrogens with one attached hydrogen (secondary N) is 1. The van der Waals surface area contributed by atoms with Gasteiger partial charge in [0, 0.05) is 69.9 Å². The minimum atomic E-state index is -1.08. The van der Waals surface area contributed by atoms with Crippen LogP contribution in [0.3, 0.4) is 0 Å². The average molecular weight is 2060 g/mol. The number of imidazole rings is 3. The maximum absolute atomic E-state index is 13.9. The Kier molecular flexibility index (Phi) is 52.5. The molecular formula is C76H78BBr3Cl4CuF4N15NaO15PS. The van der Waals surface area contributed by atoms with E-state index in [1.807, 2.05) is 63.6 Å². The minimum Gasteiger partial charge on any atom is 1.00 e. The molecule has 0 fully saturated rings. The van der Waals surface area contributed by atoms with Crippen molar-refractivity contribution in [3.63, 3.8) is 0 Å². The number of carboxylic acids is 1. The van der Waals surface area contributed by atoms with Crippen molar-refractivity contribution in [2.75, 3.05) is 28.0 Å². The van der Waals surface area contributed by atoms with Crippen LogP contribution in [0.25, 0.3) is 17.1 Å². The van der Waals surface area contributed by atoms with Gasteiger partial charge in [0.2, 0.25) is 23.4 Å². The number of halogens is 11. The van der Waals surface area contributed by atoms with Crippen molar-refractivity contribution in [3.8, 4) is 34.7 Å². The molecule has 4 atom stereocenters. The summed E-state index contributed by atoms with van der Waals surface area (Å²) in [7, 11) is 5.54. The van der Waals surface area contributed by atoms with Crippen LogP contribution in [0.5, 0.6) is 17.6 Å². The molecule has 0 aliphatic carbocycles. The van der Waals surface area contributed by atoms with Crippen LogP contribution in [0.15, 0.2) is 162 Å². The second kappa shape index (κ2) is 57.6. The fourth-order valence-corrected chi connectivity index (χ4v) is 9.83. The van der Waals surface area contributed by atoms with Gasteiger partial charge in [-0.1, -0.05) is 97.4 Å². The first-order valence-electron chi connectivity index (χ1n) is 34.0. The minimum absolute atomic E-state index is 0. The summed E-state index contributed by atoms with van der Waals surface area (Å²) in [6, 6.07) is 26.5. The SMILES string of the molecule is CC(=O)OOC(C)=O.CC(=O)[O-].CC(Br)C(=O)c1ccc(Cl)c(F)c1.CCC(=O)c1ccc(Cl)c(F)c1.COc1nc(/C(N)=N/O)ccc1-n1cnc(C)c1.COc1nc(/C(N)=N/OC(C)C(=O)c2ccc(Cl)c(F)c2)ccc1-n1cnc(C)c1.COc1nc(C2=NC(c3ccc(Cl)c(F)c3)C(C)ON2)ccc1-n1cnc(C)c1.CP=S.[B].[Br][Cu][Br].[Na+]. The van der Waals surface area contributed by atoms with E-state index >= 15 is 0 Å². The molecule has 6 N–H and O–H groups in total. The van der Waals surface area contributed by atoms with Gasteiger partial charge in [-0.15, -0.1) is 0 Å². The smallest absolute Gasteiger partial charge is 1.00 e. The van der Waals surface area contributed by atoms with E-state index in [0.717, 1.165) is 74.8 Å². The number of carbonyl (C=O) groups is 6. The van der Waals surface area contributed by atoms with Gasteiger partial charge in [0.15, 0.2) is 35.2 Å². The summed E-state index contributed by atoms with van der Waals surface area (Å²) in [5.74, 6) is -3.97. The van der Waals surface area contributed by atoms with Crippen LogP contribution >= 0.6 is 97.9 Å². The number of aromatic nitrogens is 9. The van der Waals surface area contributed by atoms with E-state index in [9.17, 15) is 41.5 Å². The number of Topliss-reactive ketones (excluding diaryl/α,β-unsaturated/α-hetero) is 3. The summed E-state index contributed by atoms with van der Waals surface area (Å²) in [5, 5.41) is 24.2. The Morgan fingerprint density at radius 1 is 0.639 bits per heavy atom. The molecule has 30 nitrogen and oxygen atoms in total. The first-order chi connectivity index (χ1) is 56.8. The van der Waals surface area contributed by atoms with Crippen LogP contribution in [0.4, 0.5) is 17.6 Å². The van der Waals surface area contributed by atoms with Crippen LogP contribution in [0, 0.1) is 44.0 Å². The van der Waals surface area contributed by atoms with Gasteiger partial charge in [-0.3, -0.25) is 24.2 Å². The number of aliphatic carboxylic acids is 1. The molecule has 0 spiro atoms. The predicted molar refractivity (Wildman–Crippen MR) is 460 cm³/mol.